The zero-order chi connectivity index (χ0) is 9.90. The highest BCUT2D eigenvalue weighted by molar-refractivity contribution is 6.01. The zero-order valence-corrected chi connectivity index (χ0v) is 8.47. The third-order valence-electron chi connectivity index (χ3n) is 2.83. The van der Waals surface area contributed by atoms with E-state index < -0.39 is 5.54 Å². The number of terminal acetylenes is 1. The molecule has 0 aromatic rings. The van der Waals surface area contributed by atoms with Gasteiger partial charge in [-0.25, -0.2) is 0 Å². The number of carbonyl (C=O) groups is 1. The van der Waals surface area contributed by atoms with E-state index in [1.54, 1.807) is 0 Å². The Labute approximate surface area is 80.3 Å². The molecule has 0 radical (unpaired) electrons. The first-order chi connectivity index (χ1) is 6.09. The highest BCUT2D eigenvalue weighted by atomic mass is 16.1. The molecule has 2 nitrogen and oxygen atoms in total. The normalized spacial score (nSPS) is 19.5. The van der Waals surface area contributed by atoms with Gasteiger partial charge in [0.25, 0.3) is 0 Å². The van der Waals surface area contributed by atoms with Crippen molar-refractivity contribution in [1.82, 2.24) is 4.90 Å². The largest absolute Gasteiger partial charge is 0.291 e. The molecule has 0 unspecified atom stereocenters. The summed E-state index contributed by atoms with van der Waals surface area (Å²) in [5.74, 6) is 2.12. The van der Waals surface area contributed by atoms with Gasteiger partial charge in [-0.3, -0.25) is 9.69 Å². The summed E-state index contributed by atoms with van der Waals surface area (Å²) in [6, 6.07) is 0. The number of rotatable bonds is 2. The lowest BCUT2D eigenvalue weighted by atomic mass is 9.94. The Hall–Kier alpha value is -0.810. The second-order valence-corrected chi connectivity index (χ2v) is 4.08. The molecule has 0 spiro atoms. The quantitative estimate of drug-likeness (QED) is 0.472. The van der Waals surface area contributed by atoms with E-state index in [1.807, 2.05) is 13.8 Å². The van der Waals surface area contributed by atoms with Crippen LogP contribution in [0.1, 0.15) is 33.1 Å². The summed E-state index contributed by atoms with van der Waals surface area (Å²) in [5, 5.41) is 0. The van der Waals surface area contributed by atoms with Crippen LogP contribution in [0.2, 0.25) is 0 Å². The molecule has 0 N–H and O–H groups in total. The van der Waals surface area contributed by atoms with Crippen LogP contribution in [0.25, 0.3) is 0 Å². The van der Waals surface area contributed by atoms with Crippen LogP contribution in [0.15, 0.2) is 0 Å². The number of hydrogen-bond donors (Lipinski definition) is 0. The van der Waals surface area contributed by atoms with Gasteiger partial charge >= 0.3 is 0 Å². The molecule has 0 bridgehead atoms. The fraction of sp³-hybridized carbons (Fsp3) is 0.727. The molecule has 2 heteroatoms. The first-order valence-electron chi connectivity index (χ1n) is 4.85. The molecule has 1 saturated heterocycles. The van der Waals surface area contributed by atoms with Gasteiger partial charge in [0.1, 0.15) is 0 Å². The number of piperidine rings is 1. The monoisotopic (exact) mass is 179 g/mol. The van der Waals surface area contributed by atoms with Crippen molar-refractivity contribution >= 4 is 5.78 Å². The van der Waals surface area contributed by atoms with E-state index in [-0.39, 0.29) is 5.78 Å². The molecule has 0 amide bonds. The number of hydrogen-bond acceptors (Lipinski definition) is 2. The third-order valence-corrected chi connectivity index (χ3v) is 2.83. The van der Waals surface area contributed by atoms with Crippen LogP contribution in [0, 0.1) is 12.3 Å². The van der Waals surface area contributed by atoms with Gasteiger partial charge in [0.15, 0.2) is 0 Å². The van der Waals surface area contributed by atoms with E-state index in [0.29, 0.717) is 0 Å². The maximum Gasteiger partial charge on any atom is 0.224 e. The van der Waals surface area contributed by atoms with Crippen LogP contribution in [0.3, 0.4) is 0 Å². The summed E-state index contributed by atoms with van der Waals surface area (Å²) in [5.41, 5.74) is -0.463. The van der Waals surface area contributed by atoms with Crippen molar-refractivity contribution in [3.05, 3.63) is 0 Å². The third kappa shape index (κ3) is 2.10. The molecule has 72 valence electrons. The number of carbonyl (C=O) groups excluding carboxylic acids is 1. The molecule has 0 saturated carbocycles. The number of ketones is 1. The number of likely N-dealkylation sites (tertiary alicyclic amines) is 1. The second-order valence-electron chi connectivity index (χ2n) is 4.08. The molecule has 0 aliphatic carbocycles. The van der Waals surface area contributed by atoms with Gasteiger partial charge in [0.05, 0.1) is 5.54 Å². The Kier molecular flexibility index (Phi) is 3.11. The fourth-order valence-corrected chi connectivity index (χ4v) is 1.77. The highest BCUT2D eigenvalue weighted by Crippen LogP contribution is 2.20. The van der Waals surface area contributed by atoms with E-state index >= 15 is 0 Å². The standard InChI is InChI=1S/C11H17NO/c1-4-10(13)11(2,3)12-8-6-5-7-9-12/h1H,5-9H2,2-3H3. The summed E-state index contributed by atoms with van der Waals surface area (Å²) >= 11 is 0. The van der Waals surface area contributed by atoms with E-state index in [0.717, 1.165) is 13.1 Å². The Balaban J connectivity index is 2.67. The molecule has 1 heterocycles. The van der Waals surface area contributed by atoms with Crippen molar-refractivity contribution in [3.63, 3.8) is 0 Å². The van der Waals surface area contributed by atoms with Crippen molar-refractivity contribution < 1.29 is 4.79 Å². The van der Waals surface area contributed by atoms with Crippen LogP contribution in [0.5, 0.6) is 0 Å². The Morgan fingerprint density at radius 2 is 1.85 bits per heavy atom. The molecule has 0 aromatic heterocycles. The molecular formula is C11H17NO. The average Bonchev–Trinajstić information content (AvgIpc) is 2.18. The van der Waals surface area contributed by atoms with Crippen LogP contribution >= 0.6 is 0 Å². The maximum atomic E-state index is 11.5. The molecular weight excluding hydrogens is 162 g/mol. The molecule has 1 aliphatic rings. The first kappa shape index (κ1) is 10.3. The minimum Gasteiger partial charge on any atom is -0.291 e. The lowest BCUT2D eigenvalue weighted by molar-refractivity contribution is -0.124. The maximum absolute atomic E-state index is 11.5. The molecule has 0 aromatic carbocycles. The van der Waals surface area contributed by atoms with Crippen molar-refractivity contribution in [3.8, 4) is 12.3 Å². The molecule has 0 atom stereocenters. The fourth-order valence-electron chi connectivity index (χ4n) is 1.77. The Morgan fingerprint density at radius 3 is 2.31 bits per heavy atom. The SMILES string of the molecule is C#CC(=O)C(C)(C)N1CCCCC1. The lowest BCUT2D eigenvalue weighted by Gasteiger charge is -2.38. The Bertz CT molecular complexity index is 231. The van der Waals surface area contributed by atoms with Gasteiger partial charge in [-0.15, -0.1) is 6.42 Å². The average molecular weight is 179 g/mol. The lowest BCUT2D eigenvalue weighted by Crippen LogP contribution is -2.51. The highest BCUT2D eigenvalue weighted by Gasteiger charge is 2.33. The molecule has 13 heavy (non-hydrogen) atoms. The zero-order valence-electron chi connectivity index (χ0n) is 8.47. The van der Waals surface area contributed by atoms with Gasteiger partial charge in [-0.1, -0.05) is 6.42 Å². The van der Waals surface area contributed by atoms with Crippen molar-refractivity contribution in [1.29, 1.82) is 0 Å². The van der Waals surface area contributed by atoms with Crippen LogP contribution in [0.4, 0.5) is 0 Å². The summed E-state index contributed by atoms with van der Waals surface area (Å²) in [6.45, 7) is 5.84. The van der Waals surface area contributed by atoms with Crippen LogP contribution in [-0.4, -0.2) is 29.3 Å². The summed E-state index contributed by atoms with van der Waals surface area (Å²) in [4.78, 5) is 13.6. The summed E-state index contributed by atoms with van der Waals surface area (Å²) in [7, 11) is 0. The summed E-state index contributed by atoms with van der Waals surface area (Å²) < 4.78 is 0. The molecule has 1 rings (SSSR count). The van der Waals surface area contributed by atoms with E-state index in [2.05, 4.69) is 10.8 Å². The van der Waals surface area contributed by atoms with Crippen LogP contribution in [-0.2, 0) is 4.79 Å². The van der Waals surface area contributed by atoms with Gasteiger partial charge in [-0.05, 0) is 45.7 Å². The predicted molar refractivity (Wildman–Crippen MR) is 53.3 cm³/mol. The summed E-state index contributed by atoms with van der Waals surface area (Å²) in [6.07, 6.45) is 8.78. The van der Waals surface area contributed by atoms with Crippen molar-refractivity contribution in [2.24, 2.45) is 0 Å². The second kappa shape index (κ2) is 3.93. The predicted octanol–water partition coefficient (Wildman–Crippen LogP) is 1.45. The van der Waals surface area contributed by atoms with Gasteiger partial charge in [-0.2, -0.15) is 0 Å². The van der Waals surface area contributed by atoms with Gasteiger partial charge in [0, 0.05) is 0 Å². The van der Waals surface area contributed by atoms with Crippen molar-refractivity contribution in [2.45, 2.75) is 38.6 Å². The number of Topliss-reactive ketones (excluding diaryl/α,β-unsaturated/α-hetero) is 1. The molecule has 1 fully saturated rings. The minimum atomic E-state index is -0.463. The minimum absolute atomic E-state index is 0.102. The number of nitrogens with zero attached hydrogens (tertiary/aromatic N) is 1. The molecule has 1 aliphatic heterocycles. The van der Waals surface area contributed by atoms with Crippen molar-refractivity contribution in [2.75, 3.05) is 13.1 Å². The van der Waals surface area contributed by atoms with E-state index in [9.17, 15) is 4.79 Å². The smallest absolute Gasteiger partial charge is 0.224 e. The van der Waals surface area contributed by atoms with E-state index in [1.165, 1.54) is 19.3 Å². The van der Waals surface area contributed by atoms with Gasteiger partial charge < -0.3 is 0 Å². The first-order valence-corrected chi connectivity index (χ1v) is 4.85. The van der Waals surface area contributed by atoms with Gasteiger partial charge in [0.2, 0.25) is 5.78 Å². The topological polar surface area (TPSA) is 20.3 Å². The van der Waals surface area contributed by atoms with Crippen LogP contribution < -0.4 is 0 Å². The Morgan fingerprint density at radius 1 is 1.31 bits per heavy atom. The van der Waals surface area contributed by atoms with E-state index in [4.69, 9.17) is 6.42 Å².